The molecule has 1 aromatic rings. The van der Waals surface area contributed by atoms with E-state index in [1.807, 2.05) is 0 Å². The highest BCUT2D eigenvalue weighted by Gasteiger charge is 2.22. The molecule has 104 valence electrons. The van der Waals surface area contributed by atoms with Crippen molar-refractivity contribution in [1.29, 1.82) is 0 Å². The van der Waals surface area contributed by atoms with Gasteiger partial charge in [-0.25, -0.2) is 8.78 Å². The van der Waals surface area contributed by atoms with Crippen LogP contribution in [0.15, 0.2) is 18.2 Å². The van der Waals surface area contributed by atoms with Gasteiger partial charge in [-0.1, -0.05) is 13.8 Å². The van der Waals surface area contributed by atoms with Crippen LogP contribution in [0.3, 0.4) is 0 Å². The SMILES string of the molecule is CC(C)C(=O)N(CCC(=O)O)c1cc(F)ccc1F. The normalized spacial score (nSPS) is 10.6. The molecule has 1 amide bonds. The van der Waals surface area contributed by atoms with E-state index in [-0.39, 0.29) is 18.7 Å². The van der Waals surface area contributed by atoms with Crippen LogP contribution >= 0.6 is 0 Å². The minimum Gasteiger partial charge on any atom is -0.481 e. The summed E-state index contributed by atoms with van der Waals surface area (Å²) >= 11 is 0. The van der Waals surface area contributed by atoms with Crippen molar-refractivity contribution in [2.45, 2.75) is 20.3 Å². The van der Waals surface area contributed by atoms with Gasteiger partial charge in [0.25, 0.3) is 0 Å². The molecule has 0 saturated carbocycles. The van der Waals surface area contributed by atoms with Crippen molar-refractivity contribution in [3.05, 3.63) is 29.8 Å². The third kappa shape index (κ3) is 4.01. The summed E-state index contributed by atoms with van der Waals surface area (Å²) in [5.74, 6) is -3.46. The maximum absolute atomic E-state index is 13.7. The molecule has 0 bridgehead atoms. The third-order valence-electron chi connectivity index (χ3n) is 2.51. The summed E-state index contributed by atoms with van der Waals surface area (Å²) < 4.78 is 26.8. The Bertz CT molecular complexity index is 489. The van der Waals surface area contributed by atoms with E-state index in [0.29, 0.717) is 0 Å². The van der Waals surface area contributed by atoms with Gasteiger partial charge in [0.15, 0.2) is 0 Å². The summed E-state index contributed by atoms with van der Waals surface area (Å²) in [5, 5.41) is 8.65. The van der Waals surface area contributed by atoms with Crippen molar-refractivity contribution >= 4 is 17.6 Å². The Morgan fingerprint density at radius 2 is 1.95 bits per heavy atom. The zero-order valence-electron chi connectivity index (χ0n) is 10.7. The lowest BCUT2D eigenvalue weighted by Gasteiger charge is -2.24. The van der Waals surface area contributed by atoms with Gasteiger partial charge in [-0.15, -0.1) is 0 Å². The molecule has 0 atom stereocenters. The third-order valence-corrected chi connectivity index (χ3v) is 2.51. The van der Waals surface area contributed by atoms with Crippen molar-refractivity contribution in [3.8, 4) is 0 Å². The second kappa shape index (κ2) is 6.26. The van der Waals surface area contributed by atoms with E-state index in [9.17, 15) is 18.4 Å². The second-order valence-electron chi connectivity index (χ2n) is 4.38. The summed E-state index contributed by atoms with van der Waals surface area (Å²) in [4.78, 5) is 23.5. The van der Waals surface area contributed by atoms with Crippen LogP contribution in [0.2, 0.25) is 0 Å². The quantitative estimate of drug-likeness (QED) is 0.894. The fourth-order valence-electron chi connectivity index (χ4n) is 1.56. The number of halogens is 2. The first kappa shape index (κ1) is 15.1. The Morgan fingerprint density at radius 3 is 2.47 bits per heavy atom. The van der Waals surface area contributed by atoms with E-state index >= 15 is 0 Å². The Hall–Kier alpha value is -1.98. The molecule has 0 fully saturated rings. The Kier molecular flexibility index (Phi) is 4.97. The summed E-state index contributed by atoms with van der Waals surface area (Å²) in [6, 6.07) is 2.73. The number of aliphatic carboxylic acids is 1. The molecule has 1 aromatic carbocycles. The molecule has 19 heavy (non-hydrogen) atoms. The number of hydrogen-bond acceptors (Lipinski definition) is 2. The van der Waals surface area contributed by atoms with E-state index in [1.165, 1.54) is 0 Å². The predicted octanol–water partition coefficient (Wildman–Crippen LogP) is 2.43. The maximum atomic E-state index is 13.7. The van der Waals surface area contributed by atoms with Gasteiger partial charge in [-0.2, -0.15) is 0 Å². The van der Waals surface area contributed by atoms with Gasteiger partial charge in [0.2, 0.25) is 5.91 Å². The van der Waals surface area contributed by atoms with Gasteiger partial charge in [-0.05, 0) is 12.1 Å². The largest absolute Gasteiger partial charge is 0.481 e. The first-order valence-electron chi connectivity index (χ1n) is 5.81. The molecule has 0 radical (unpaired) electrons. The summed E-state index contributed by atoms with van der Waals surface area (Å²) in [6.45, 7) is 3.01. The van der Waals surface area contributed by atoms with Crippen molar-refractivity contribution in [3.63, 3.8) is 0 Å². The predicted molar refractivity (Wildman–Crippen MR) is 65.8 cm³/mol. The Labute approximate surface area is 109 Å². The van der Waals surface area contributed by atoms with Gasteiger partial charge in [-0.3, -0.25) is 9.59 Å². The van der Waals surface area contributed by atoms with Crippen LogP contribution in [0, 0.1) is 17.6 Å². The summed E-state index contributed by atoms with van der Waals surface area (Å²) in [6.07, 6.45) is -0.339. The lowest BCUT2D eigenvalue weighted by atomic mass is 10.1. The van der Waals surface area contributed by atoms with E-state index in [4.69, 9.17) is 5.11 Å². The second-order valence-corrected chi connectivity index (χ2v) is 4.38. The van der Waals surface area contributed by atoms with E-state index < -0.39 is 29.4 Å². The Balaban J connectivity index is 3.10. The standard InChI is InChI=1S/C13H15F2NO3/c1-8(2)13(19)16(6-5-12(17)18)11-7-9(14)3-4-10(11)15/h3-4,7-8H,5-6H2,1-2H3,(H,17,18). The number of anilines is 1. The topological polar surface area (TPSA) is 57.6 Å². The maximum Gasteiger partial charge on any atom is 0.305 e. The molecular weight excluding hydrogens is 256 g/mol. The van der Waals surface area contributed by atoms with Crippen molar-refractivity contribution in [2.24, 2.45) is 5.92 Å². The molecule has 0 spiro atoms. The van der Waals surface area contributed by atoms with Gasteiger partial charge >= 0.3 is 5.97 Å². The van der Waals surface area contributed by atoms with Crippen LogP contribution in [0.4, 0.5) is 14.5 Å². The molecule has 6 heteroatoms. The minimum atomic E-state index is -1.11. The number of carbonyl (C=O) groups is 2. The lowest BCUT2D eigenvalue weighted by molar-refractivity contribution is -0.136. The minimum absolute atomic E-state index is 0.202. The average molecular weight is 271 g/mol. The van der Waals surface area contributed by atoms with E-state index in [0.717, 1.165) is 23.1 Å². The average Bonchev–Trinajstić information content (AvgIpc) is 2.32. The van der Waals surface area contributed by atoms with Crippen LogP contribution < -0.4 is 4.90 Å². The van der Waals surface area contributed by atoms with Crippen molar-refractivity contribution in [1.82, 2.24) is 0 Å². The number of carboxylic acid groups (broad SMARTS) is 1. The molecule has 0 saturated heterocycles. The van der Waals surface area contributed by atoms with Gasteiger partial charge in [0, 0.05) is 18.5 Å². The highest BCUT2D eigenvalue weighted by atomic mass is 19.1. The smallest absolute Gasteiger partial charge is 0.305 e. The fourth-order valence-corrected chi connectivity index (χ4v) is 1.56. The monoisotopic (exact) mass is 271 g/mol. The molecule has 4 nitrogen and oxygen atoms in total. The lowest BCUT2D eigenvalue weighted by Crippen LogP contribution is -2.36. The number of rotatable bonds is 5. The number of amides is 1. The number of hydrogen-bond donors (Lipinski definition) is 1. The van der Waals surface area contributed by atoms with Crippen molar-refractivity contribution < 1.29 is 23.5 Å². The van der Waals surface area contributed by atoms with E-state index in [1.54, 1.807) is 13.8 Å². The molecule has 0 aliphatic heterocycles. The van der Waals surface area contributed by atoms with Crippen molar-refractivity contribution in [2.75, 3.05) is 11.4 Å². The zero-order valence-corrected chi connectivity index (χ0v) is 10.7. The summed E-state index contributed by atoms with van der Waals surface area (Å²) in [7, 11) is 0. The Morgan fingerprint density at radius 1 is 1.32 bits per heavy atom. The molecule has 0 aliphatic rings. The fraction of sp³-hybridized carbons (Fsp3) is 0.385. The molecule has 0 unspecified atom stereocenters. The molecule has 1 rings (SSSR count). The van der Waals surface area contributed by atoms with Crippen LogP contribution in [-0.4, -0.2) is 23.5 Å². The first-order chi connectivity index (χ1) is 8.82. The van der Waals surface area contributed by atoms with E-state index in [2.05, 4.69) is 0 Å². The number of carbonyl (C=O) groups excluding carboxylic acids is 1. The number of carboxylic acids is 1. The molecule has 0 heterocycles. The number of nitrogens with zero attached hydrogens (tertiary/aromatic N) is 1. The highest BCUT2D eigenvalue weighted by molar-refractivity contribution is 5.95. The molecular formula is C13H15F2NO3. The molecule has 0 aliphatic carbocycles. The highest BCUT2D eigenvalue weighted by Crippen LogP contribution is 2.22. The zero-order chi connectivity index (χ0) is 14.6. The molecule has 0 aromatic heterocycles. The van der Waals surface area contributed by atoms with Crippen LogP contribution in [-0.2, 0) is 9.59 Å². The van der Waals surface area contributed by atoms with Crippen LogP contribution in [0.5, 0.6) is 0 Å². The van der Waals surface area contributed by atoms with Gasteiger partial charge in [0.1, 0.15) is 11.6 Å². The first-order valence-corrected chi connectivity index (χ1v) is 5.81. The van der Waals surface area contributed by atoms with Crippen LogP contribution in [0.1, 0.15) is 20.3 Å². The van der Waals surface area contributed by atoms with Gasteiger partial charge in [0.05, 0.1) is 12.1 Å². The van der Waals surface area contributed by atoms with Crippen LogP contribution in [0.25, 0.3) is 0 Å². The summed E-state index contributed by atoms with van der Waals surface area (Å²) in [5.41, 5.74) is -0.236. The molecule has 1 N–H and O–H groups in total. The number of benzene rings is 1. The van der Waals surface area contributed by atoms with Gasteiger partial charge < -0.3 is 10.0 Å².